The lowest BCUT2D eigenvalue weighted by atomic mass is 10.2. The van der Waals surface area contributed by atoms with Crippen LogP contribution in [-0.2, 0) is 6.54 Å². The molecule has 106 valence electrons. The van der Waals surface area contributed by atoms with E-state index in [1.54, 1.807) is 35.4 Å². The van der Waals surface area contributed by atoms with Crippen LogP contribution in [0.1, 0.15) is 17.4 Å². The fraction of sp³-hybridized carbons (Fsp3) is 0.143. The molecule has 0 radical (unpaired) electrons. The number of anilines is 1. The van der Waals surface area contributed by atoms with Gasteiger partial charge in [-0.1, -0.05) is 0 Å². The number of nitrogens with one attached hydrogen (secondary N) is 2. The van der Waals surface area contributed by atoms with Crippen molar-refractivity contribution in [3.8, 4) is 11.3 Å². The van der Waals surface area contributed by atoms with Gasteiger partial charge in [0, 0.05) is 36.8 Å². The number of H-pyrrole nitrogens is 1. The largest absolute Gasteiger partial charge is 0.304 e. The summed E-state index contributed by atoms with van der Waals surface area (Å²) in [7, 11) is 0. The highest BCUT2D eigenvalue weighted by molar-refractivity contribution is 6.02. The molecule has 0 saturated carbocycles. The van der Waals surface area contributed by atoms with Crippen LogP contribution in [0.15, 0.2) is 42.9 Å². The van der Waals surface area contributed by atoms with Crippen molar-refractivity contribution in [3.63, 3.8) is 0 Å². The zero-order valence-corrected chi connectivity index (χ0v) is 11.4. The highest BCUT2D eigenvalue weighted by atomic mass is 16.2. The fourth-order valence-corrected chi connectivity index (χ4v) is 1.90. The van der Waals surface area contributed by atoms with E-state index in [-0.39, 0.29) is 5.91 Å². The standard InChI is InChI=1S/C14H14N6O/c1-2-20-8-5-11(19-20)14(21)16-13-9-12(17-18-13)10-3-6-15-7-4-10/h3-9H,2H2,1H3,(H2,16,17,18,21). The molecule has 0 bridgehead atoms. The number of carbonyl (C=O) groups excluding carboxylic acids is 1. The number of hydrogen-bond donors (Lipinski definition) is 2. The summed E-state index contributed by atoms with van der Waals surface area (Å²) in [6, 6.07) is 7.17. The lowest BCUT2D eigenvalue weighted by Crippen LogP contribution is -2.13. The van der Waals surface area contributed by atoms with Gasteiger partial charge in [-0.2, -0.15) is 10.2 Å². The maximum atomic E-state index is 12.0. The van der Waals surface area contributed by atoms with E-state index in [4.69, 9.17) is 0 Å². The molecule has 3 heterocycles. The first-order valence-corrected chi connectivity index (χ1v) is 6.57. The van der Waals surface area contributed by atoms with Crippen molar-refractivity contribution in [1.82, 2.24) is 25.0 Å². The molecular weight excluding hydrogens is 268 g/mol. The summed E-state index contributed by atoms with van der Waals surface area (Å²) in [5, 5.41) is 13.8. The summed E-state index contributed by atoms with van der Waals surface area (Å²) >= 11 is 0. The second-order valence-corrected chi connectivity index (χ2v) is 4.41. The Morgan fingerprint density at radius 3 is 2.86 bits per heavy atom. The van der Waals surface area contributed by atoms with Gasteiger partial charge in [0.1, 0.15) is 0 Å². The Kier molecular flexibility index (Phi) is 3.46. The third kappa shape index (κ3) is 2.81. The summed E-state index contributed by atoms with van der Waals surface area (Å²) < 4.78 is 1.70. The Morgan fingerprint density at radius 1 is 1.33 bits per heavy atom. The van der Waals surface area contributed by atoms with E-state index in [1.807, 2.05) is 19.1 Å². The molecule has 3 aromatic heterocycles. The second-order valence-electron chi connectivity index (χ2n) is 4.41. The van der Waals surface area contributed by atoms with Crippen molar-refractivity contribution in [2.24, 2.45) is 0 Å². The summed E-state index contributed by atoms with van der Waals surface area (Å²) in [6.45, 7) is 2.69. The minimum atomic E-state index is -0.282. The lowest BCUT2D eigenvalue weighted by Gasteiger charge is -1.98. The average Bonchev–Trinajstić information content (AvgIpc) is 3.17. The molecule has 0 aliphatic carbocycles. The number of aryl methyl sites for hydroxylation is 1. The van der Waals surface area contributed by atoms with Crippen molar-refractivity contribution in [2.75, 3.05) is 5.32 Å². The normalized spacial score (nSPS) is 10.5. The van der Waals surface area contributed by atoms with E-state index in [2.05, 4.69) is 25.6 Å². The van der Waals surface area contributed by atoms with E-state index in [0.717, 1.165) is 17.8 Å². The molecule has 3 aromatic rings. The maximum absolute atomic E-state index is 12.0. The zero-order valence-electron chi connectivity index (χ0n) is 11.4. The first kappa shape index (κ1) is 13.0. The van der Waals surface area contributed by atoms with Crippen molar-refractivity contribution < 1.29 is 4.79 Å². The molecule has 1 amide bonds. The van der Waals surface area contributed by atoms with E-state index in [9.17, 15) is 4.79 Å². The Labute approximate surface area is 121 Å². The van der Waals surface area contributed by atoms with E-state index >= 15 is 0 Å². The van der Waals surface area contributed by atoms with Gasteiger partial charge in [0.2, 0.25) is 0 Å². The summed E-state index contributed by atoms with van der Waals surface area (Å²) in [4.78, 5) is 16.0. The van der Waals surface area contributed by atoms with Gasteiger partial charge in [-0.15, -0.1) is 0 Å². The van der Waals surface area contributed by atoms with Crippen LogP contribution < -0.4 is 5.32 Å². The molecule has 0 unspecified atom stereocenters. The van der Waals surface area contributed by atoms with Gasteiger partial charge in [-0.05, 0) is 25.1 Å². The second kappa shape index (κ2) is 5.58. The van der Waals surface area contributed by atoms with Crippen LogP contribution in [-0.4, -0.2) is 30.9 Å². The van der Waals surface area contributed by atoms with Crippen molar-refractivity contribution in [2.45, 2.75) is 13.5 Å². The molecule has 0 aromatic carbocycles. The molecule has 21 heavy (non-hydrogen) atoms. The number of pyridine rings is 1. The van der Waals surface area contributed by atoms with Gasteiger partial charge in [-0.25, -0.2) is 0 Å². The summed E-state index contributed by atoms with van der Waals surface area (Å²) in [5.41, 5.74) is 2.13. The predicted molar refractivity (Wildman–Crippen MR) is 77.7 cm³/mol. The number of amides is 1. The van der Waals surface area contributed by atoms with Gasteiger partial charge in [0.25, 0.3) is 5.91 Å². The maximum Gasteiger partial charge on any atom is 0.277 e. The van der Waals surface area contributed by atoms with Crippen LogP contribution in [0.4, 0.5) is 5.82 Å². The minimum Gasteiger partial charge on any atom is -0.304 e. The van der Waals surface area contributed by atoms with Crippen molar-refractivity contribution in [3.05, 3.63) is 48.5 Å². The lowest BCUT2D eigenvalue weighted by molar-refractivity contribution is 0.102. The average molecular weight is 282 g/mol. The Balaban J connectivity index is 1.74. The van der Waals surface area contributed by atoms with Crippen LogP contribution >= 0.6 is 0 Å². The summed E-state index contributed by atoms with van der Waals surface area (Å²) in [5.74, 6) is 0.174. The van der Waals surface area contributed by atoms with Gasteiger partial charge in [0.15, 0.2) is 11.5 Å². The van der Waals surface area contributed by atoms with Crippen molar-refractivity contribution >= 4 is 11.7 Å². The molecule has 0 aliphatic rings. The third-order valence-electron chi connectivity index (χ3n) is 3.01. The van der Waals surface area contributed by atoms with E-state index < -0.39 is 0 Å². The molecule has 0 aliphatic heterocycles. The highest BCUT2D eigenvalue weighted by Crippen LogP contribution is 2.18. The smallest absolute Gasteiger partial charge is 0.277 e. The van der Waals surface area contributed by atoms with Crippen molar-refractivity contribution in [1.29, 1.82) is 0 Å². The first-order valence-electron chi connectivity index (χ1n) is 6.57. The Bertz CT molecular complexity index is 746. The molecule has 2 N–H and O–H groups in total. The molecule has 0 saturated heterocycles. The molecule has 0 fully saturated rings. The van der Waals surface area contributed by atoms with Crippen LogP contribution in [0.25, 0.3) is 11.3 Å². The quantitative estimate of drug-likeness (QED) is 0.765. The highest BCUT2D eigenvalue weighted by Gasteiger charge is 2.11. The SMILES string of the molecule is CCn1ccc(C(=O)Nc2cc(-c3ccncc3)[nH]n2)n1. The van der Waals surface area contributed by atoms with Crippen LogP contribution in [0.2, 0.25) is 0 Å². The molecule has 7 heteroatoms. The molecule has 0 atom stereocenters. The van der Waals surface area contributed by atoms with E-state index in [0.29, 0.717) is 11.5 Å². The molecule has 0 spiro atoms. The van der Waals surface area contributed by atoms with Gasteiger partial charge >= 0.3 is 0 Å². The first-order chi connectivity index (χ1) is 10.3. The Morgan fingerprint density at radius 2 is 2.14 bits per heavy atom. The number of aromatic amines is 1. The van der Waals surface area contributed by atoms with Crippen LogP contribution in [0, 0.1) is 0 Å². The number of carbonyl (C=O) groups is 1. The minimum absolute atomic E-state index is 0.282. The van der Waals surface area contributed by atoms with Gasteiger partial charge in [-0.3, -0.25) is 19.6 Å². The molecular formula is C14H14N6O. The van der Waals surface area contributed by atoms with Crippen LogP contribution in [0.5, 0.6) is 0 Å². The predicted octanol–water partition coefficient (Wildman–Crippen LogP) is 1.94. The molecule has 7 nitrogen and oxygen atoms in total. The topological polar surface area (TPSA) is 88.5 Å². The monoisotopic (exact) mass is 282 g/mol. The van der Waals surface area contributed by atoms with E-state index in [1.165, 1.54) is 0 Å². The number of rotatable bonds is 4. The zero-order chi connectivity index (χ0) is 14.7. The fourth-order valence-electron chi connectivity index (χ4n) is 1.90. The summed E-state index contributed by atoms with van der Waals surface area (Å²) in [6.07, 6.45) is 5.17. The third-order valence-corrected chi connectivity index (χ3v) is 3.01. The van der Waals surface area contributed by atoms with Gasteiger partial charge in [0.05, 0.1) is 5.69 Å². The molecule has 3 rings (SSSR count). The number of nitrogens with zero attached hydrogens (tertiary/aromatic N) is 4. The Hall–Kier alpha value is -2.96. The number of aromatic nitrogens is 5. The van der Waals surface area contributed by atoms with Crippen LogP contribution in [0.3, 0.4) is 0 Å². The number of hydrogen-bond acceptors (Lipinski definition) is 4. The van der Waals surface area contributed by atoms with Gasteiger partial charge < -0.3 is 5.32 Å².